The number of esters is 1. The molecule has 0 bridgehead atoms. The van der Waals surface area contributed by atoms with E-state index >= 15 is 0 Å². The lowest BCUT2D eigenvalue weighted by atomic mass is 10.0. The predicted molar refractivity (Wildman–Crippen MR) is 401 cm³/mol. The first-order chi connectivity index (χ1) is 44.9. The molecule has 0 aromatic carbocycles. The van der Waals surface area contributed by atoms with Crippen molar-refractivity contribution in [1.29, 1.82) is 0 Å². The minimum absolute atomic E-state index is 0.0398. The summed E-state index contributed by atoms with van der Waals surface area (Å²) in [5.74, 6) is -0.493. The summed E-state index contributed by atoms with van der Waals surface area (Å²) < 4.78 is 30.9. The highest BCUT2D eigenvalue weighted by Crippen LogP contribution is 2.43. The van der Waals surface area contributed by atoms with Crippen LogP contribution in [0, 0.1) is 0 Å². The van der Waals surface area contributed by atoms with Gasteiger partial charge >= 0.3 is 13.8 Å². The van der Waals surface area contributed by atoms with Crippen molar-refractivity contribution in [3.8, 4) is 0 Å². The maximum absolute atomic E-state index is 13.7. The topological polar surface area (TPSA) is 111 Å². The third-order valence-electron chi connectivity index (χ3n) is 17.9. The Labute approximate surface area is 572 Å². The zero-order valence-electron chi connectivity index (χ0n) is 61.8. The summed E-state index contributed by atoms with van der Waals surface area (Å²) in [4.78, 5) is 38.0. The fourth-order valence-corrected chi connectivity index (χ4v) is 12.5. The van der Waals surface area contributed by atoms with Crippen LogP contribution in [-0.4, -0.2) is 74.3 Å². The number of ether oxygens (including phenoxy) is 1. The molecule has 2 N–H and O–H groups in total. The van der Waals surface area contributed by atoms with E-state index in [1.807, 2.05) is 33.3 Å². The van der Waals surface area contributed by atoms with Crippen LogP contribution in [0.4, 0.5) is 0 Å². The minimum atomic E-state index is -4.46. The molecule has 0 aliphatic carbocycles. The van der Waals surface area contributed by atoms with Crippen LogP contribution in [0.2, 0.25) is 0 Å². The molecule has 538 valence electrons. The third kappa shape index (κ3) is 71.7. The second kappa shape index (κ2) is 71.2. The molecule has 0 radical (unpaired) electrons. The first-order valence-corrected chi connectivity index (χ1v) is 41.3. The summed E-state index contributed by atoms with van der Waals surface area (Å²) >= 11 is 0. The van der Waals surface area contributed by atoms with Gasteiger partial charge in [0.2, 0.25) is 5.91 Å². The Hall–Kier alpha value is -2.55. The van der Waals surface area contributed by atoms with Crippen LogP contribution in [0.3, 0.4) is 0 Å². The maximum atomic E-state index is 13.7. The Bertz CT molecular complexity index is 1800. The molecule has 0 heterocycles. The Morgan fingerprint density at radius 2 is 0.663 bits per heavy atom. The van der Waals surface area contributed by atoms with E-state index in [9.17, 15) is 19.0 Å². The van der Waals surface area contributed by atoms with E-state index in [2.05, 4.69) is 86.8 Å². The first-order valence-electron chi connectivity index (χ1n) is 39.8. The van der Waals surface area contributed by atoms with Crippen LogP contribution < -0.4 is 5.32 Å². The van der Waals surface area contributed by atoms with Crippen LogP contribution in [0.25, 0.3) is 0 Å². The molecule has 92 heavy (non-hydrogen) atoms. The van der Waals surface area contributed by atoms with Gasteiger partial charge in [0, 0.05) is 12.8 Å². The molecule has 0 aromatic rings. The van der Waals surface area contributed by atoms with Gasteiger partial charge in [-0.25, -0.2) is 4.57 Å². The second-order valence-corrected chi connectivity index (χ2v) is 29.7. The maximum Gasteiger partial charge on any atom is 0.472 e. The van der Waals surface area contributed by atoms with Crippen LogP contribution in [0.1, 0.15) is 387 Å². The Kier molecular flexibility index (Phi) is 69.3. The van der Waals surface area contributed by atoms with Crippen molar-refractivity contribution in [2.75, 3.05) is 40.9 Å². The lowest BCUT2D eigenvalue weighted by Gasteiger charge is -2.27. The zero-order chi connectivity index (χ0) is 67.0. The number of hydrogen-bond acceptors (Lipinski definition) is 6. The molecule has 0 saturated carbocycles. The molecule has 1 amide bonds. The van der Waals surface area contributed by atoms with Crippen molar-refractivity contribution in [1.82, 2.24) is 5.32 Å². The number of hydrogen-bond donors (Lipinski definition) is 2. The Balaban J connectivity index is 4.92. The predicted octanol–water partition coefficient (Wildman–Crippen LogP) is 25.9. The highest BCUT2D eigenvalue weighted by atomic mass is 31.2. The number of nitrogens with one attached hydrogen (secondary N) is 1. The van der Waals surface area contributed by atoms with Gasteiger partial charge in [-0.3, -0.25) is 18.6 Å². The average molecular weight is 1310 g/mol. The molecule has 9 nitrogen and oxygen atoms in total. The fourth-order valence-electron chi connectivity index (χ4n) is 11.7. The number of quaternary nitrogens is 1. The van der Waals surface area contributed by atoms with Crippen molar-refractivity contribution < 1.29 is 37.3 Å². The molecule has 3 atom stereocenters. The monoisotopic (exact) mass is 1310 g/mol. The standard InChI is InChI=1S/C82H153N2O7P/c1-7-10-13-16-19-22-25-28-30-32-34-36-38-40-42-44-46-48-50-52-54-56-59-62-65-68-71-74-81(85)83-79(78-90-92(87,88)89-77-76-84(4,5)6)80(73-70-67-64-61-58-27-24-21-18-15-12-9-3)91-82(86)75-72-69-66-63-60-57-55-53-51-49-47-45-43-41-39-37-35-33-31-29-26-23-20-17-14-11-8-2/h20,23,28-31,35,37,41,43,70,73,79-80H,7-19,21-22,24-27,32-34,36,38-40,42,44-69,71-72,74-78H2,1-6H3,(H-,83,85,87,88)/p+1/b23-20-,30-28+,31-29-,37-35-,43-41-,73-70+. The molecule has 0 spiro atoms. The van der Waals surface area contributed by atoms with E-state index in [-0.39, 0.29) is 31.5 Å². The first kappa shape index (κ1) is 89.5. The van der Waals surface area contributed by atoms with Gasteiger partial charge in [-0.2, -0.15) is 0 Å². The molecule has 3 unspecified atom stereocenters. The van der Waals surface area contributed by atoms with E-state index in [0.29, 0.717) is 17.4 Å². The van der Waals surface area contributed by atoms with Crippen molar-refractivity contribution in [2.45, 2.75) is 399 Å². The van der Waals surface area contributed by atoms with Crippen molar-refractivity contribution >= 4 is 19.7 Å². The number of rotatable bonds is 73. The van der Waals surface area contributed by atoms with E-state index in [1.165, 1.54) is 276 Å². The highest BCUT2D eigenvalue weighted by molar-refractivity contribution is 7.47. The van der Waals surface area contributed by atoms with Gasteiger partial charge in [0.1, 0.15) is 19.3 Å². The molecule has 0 fully saturated rings. The number of carbonyl (C=O) groups is 2. The van der Waals surface area contributed by atoms with Gasteiger partial charge in [0.15, 0.2) is 0 Å². The smallest absolute Gasteiger partial charge is 0.456 e. The molecular weight excluding hydrogens is 1160 g/mol. The summed E-state index contributed by atoms with van der Waals surface area (Å²) in [7, 11) is 1.51. The van der Waals surface area contributed by atoms with Gasteiger partial charge in [-0.05, 0) is 102 Å². The molecule has 0 rings (SSSR count). The van der Waals surface area contributed by atoms with Gasteiger partial charge in [0.25, 0.3) is 0 Å². The number of phosphoric ester groups is 1. The van der Waals surface area contributed by atoms with Crippen LogP contribution in [-0.2, 0) is 27.9 Å². The summed E-state index contributed by atoms with van der Waals surface area (Å²) in [6.45, 7) is 7.03. The summed E-state index contributed by atoms with van der Waals surface area (Å²) in [6.07, 6.45) is 95.1. The SMILES string of the molecule is CCCCC/C=C\C/C=C\C/C=C\C/C=C\CCCCCCCCCCCCCC(=O)OC(/C=C/CCCCCCCCCCCC)C(COP(=O)(O)OCC[N+](C)(C)C)NC(=O)CCCCCCCCCCCCCCCCCCC/C=C/CCCCCCCC. The van der Waals surface area contributed by atoms with Crippen LogP contribution in [0.15, 0.2) is 72.9 Å². The van der Waals surface area contributed by atoms with Crippen LogP contribution in [0.5, 0.6) is 0 Å². The van der Waals surface area contributed by atoms with Crippen molar-refractivity contribution in [2.24, 2.45) is 0 Å². The Morgan fingerprint density at radius 3 is 1.02 bits per heavy atom. The number of nitrogens with zero attached hydrogens (tertiary/aromatic N) is 1. The van der Waals surface area contributed by atoms with E-state index < -0.39 is 20.0 Å². The van der Waals surface area contributed by atoms with Gasteiger partial charge < -0.3 is 19.4 Å². The summed E-state index contributed by atoms with van der Waals surface area (Å²) in [5.41, 5.74) is 0. The summed E-state index contributed by atoms with van der Waals surface area (Å²) in [6, 6.07) is -0.852. The molecule has 0 aliphatic rings. The van der Waals surface area contributed by atoms with Gasteiger partial charge in [-0.1, -0.05) is 344 Å². The molecule has 0 aliphatic heterocycles. The van der Waals surface area contributed by atoms with E-state index in [0.717, 1.165) is 77.0 Å². The lowest BCUT2D eigenvalue weighted by molar-refractivity contribution is -0.870. The fraction of sp³-hybridized carbons (Fsp3) is 0.829. The summed E-state index contributed by atoms with van der Waals surface area (Å²) in [5, 5.41) is 3.08. The number of amides is 1. The quantitative estimate of drug-likeness (QED) is 0.0205. The van der Waals surface area contributed by atoms with Crippen LogP contribution >= 0.6 is 7.82 Å². The number of allylic oxidation sites excluding steroid dienone is 11. The molecular formula is C82H154N2O7P+. The largest absolute Gasteiger partial charge is 0.472 e. The average Bonchev–Trinajstić information content (AvgIpc) is 3.72. The zero-order valence-corrected chi connectivity index (χ0v) is 62.7. The van der Waals surface area contributed by atoms with Crippen molar-refractivity contribution in [3.05, 3.63) is 72.9 Å². The van der Waals surface area contributed by atoms with E-state index in [1.54, 1.807) is 0 Å². The third-order valence-corrected chi connectivity index (χ3v) is 18.9. The lowest BCUT2D eigenvalue weighted by Crippen LogP contribution is -2.47. The van der Waals surface area contributed by atoms with Gasteiger partial charge in [0.05, 0.1) is 33.8 Å². The normalized spacial score (nSPS) is 13.8. The minimum Gasteiger partial charge on any atom is -0.456 e. The van der Waals surface area contributed by atoms with Gasteiger partial charge in [-0.15, -0.1) is 0 Å². The highest BCUT2D eigenvalue weighted by Gasteiger charge is 2.30. The van der Waals surface area contributed by atoms with Crippen molar-refractivity contribution in [3.63, 3.8) is 0 Å². The second-order valence-electron chi connectivity index (χ2n) is 28.2. The Morgan fingerprint density at radius 1 is 0.380 bits per heavy atom. The van der Waals surface area contributed by atoms with E-state index in [4.69, 9.17) is 13.8 Å². The number of phosphoric acid groups is 1. The number of carbonyl (C=O) groups excluding carboxylic acids is 2. The molecule has 0 saturated heterocycles. The molecule has 0 aromatic heterocycles. The molecule has 10 heteroatoms. The number of likely N-dealkylation sites (N-methyl/N-ethyl adjacent to an activating group) is 1. The number of unbranched alkanes of at least 4 members (excludes halogenated alkanes) is 47.